The van der Waals surface area contributed by atoms with Crippen molar-refractivity contribution in [3.63, 3.8) is 0 Å². The monoisotopic (exact) mass is 343 g/mol. The van der Waals surface area contributed by atoms with Gasteiger partial charge in [-0.1, -0.05) is 65.1 Å². The fourth-order valence-corrected chi connectivity index (χ4v) is 2.11. The number of benzene rings is 1. The molecule has 1 aliphatic rings. The van der Waals surface area contributed by atoms with Gasteiger partial charge in [0, 0.05) is 18.7 Å². The molecular weight excluding hydrogens is 333 g/mol. The molecule has 1 saturated heterocycles. The Balaban J connectivity index is 2.00. The molecule has 110 valence electrons. The maximum Gasteiger partial charge on any atom is 0.250 e. The normalized spacial score (nSPS) is 15.6. The van der Waals surface area contributed by atoms with Crippen LogP contribution in [0.4, 0.5) is 5.95 Å². The van der Waals surface area contributed by atoms with Gasteiger partial charge in [-0.15, -0.1) is 0 Å². The van der Waals surface area contributed by atoms with Crippen molar-refractivity contribution >= 4 is 40.8 Å². The van der Waals surface area contributed by atoms with Crippen LogP contribution in [0.25, 0.3) is 11.4 Å². The second-order valence-electron chi connectivity index (χ2n) is 4.67. The lowest BCUT2D eigenvalue weighted by Gasteiger charge is -2.28. The summed E-state index contributed by atoms with van der Waals surface area (Å²) in [5.74, 6) is 0.995. The van der Waals surface area contributed by atoms with Crippen LogP contribution in [-0.4, -0.2) is 34.1 Å². The van der Waals surface area contributed by atoms with E-state index in [1.807, 2.05) is 30.3 Å². The summed E-state index contributed by atoms with van der Waals surface area (Å²) in [6.07, 6.45) is 0. The third-order valence-electron chi connectivity index (χ3n) is 3.04. The topological polar surface area (TPSA) is 62.7 Å². The molecule has 0 amide bonds. The summed E-state index contributed by atoms with van der Waals surface area (Å²) in [6.45, 7) is 1.71. The van der Waals surface area contributed by atoms with Crippen LogP contribution in [0.15, 0.2) is 30.3 Å². The first kappa shape index (κ1) is 14.8. The number of anilines is 1. The van der Waals surface area contributed by atoms with Crippen LogP contribution < -0.4 is 10.6 Å². The van der Waals surface area contributed by atoms with Gasteiger partial charge in [-0.3, -0.25) is 0 Å². The van der Waals surface area contributed by atoms with Crippen LogP contribution in [-0.2, 0) is 3.79 Å². The van der Waals surface area contributed by atoms with Crippen LogP contribution in [0, 0.1) is 0 Å². The maximum atomic E-state index is 5.91. The Hall–Kier alpha value is -1.14. The van der Waals surface area contributed by atoms with E-state index in [2.05, 4.69) is 25.6 Å². The Morgan fingerprint density at radius 1 is 1.05 bits per heavy atom. The van der Waals surface area contributed by atoms with E-state index in [1.54, 1.807) is 0 Å². The first-order valence-electron chi connectivity index (χ1n) is 6.38. The number of hydrogen-bond donors (Lipinski definition) is 2. The second kappa shape index (κ2) is 5.93. The molecule has 2 N–H and O–H groups in total. The third kappa shape index (κ3) is 3.55. The molecule has 2 aromatic rings. The first-order chi connectivity index (χ1) is 10.0. The molecule has 0 bridgehead atoms. The molecule has 0 aliphatic carbocycles. The van der Waals surface area contributed by atoms with E-state index in [9.17, 15) is 0 Å². The fraction of sp³-hybridized carbons (Fsp3) is 0.308. The second-order valence-corrected chi connectivity index (χ2v) is 6.95. The lowest BCUT2D eigenvalue weighted by atomic mass is 10.2. The first-order valence-corrected chi connectivity index (χ1v) is 7.52. The van der Waals surface area contributed by atoms with Gasteiger partial charge in [0.05, 0.1) is 6.04 Å². The molecule has 3 rings (SSSR count). The Bertz CT molecular complexity index is 625. The standard InChI is InChI=1S/C13H12Cl3N5/c14-13(15,16)11-19-10(8-4-2-1-3-5-8)20-12(21-11)18-9-6-17-7-9/h1-5,9,17H,6-7H2,(H,18,19,20,21). The Labute approximate surface area is 137 Å². The van der Waals surface area contributed by atoms with Gasteiger partial charge in [0.15, 0.2) is 11.6 Å². The van der Waals surface area contributed by atoms with Gasteiger partial charge in [-0.25, -0.2) is 4.98 Å². The van der Waals surface area contributed by atoms with Crippen molar-refractivity contribution in [2.75, 3.05) is 18.4 Å². The van der Waals surface area contributed by atoms with E-state index >= 15 is 0 Å². The average molecular weight is 345 g/mol. The summed E-state index contributed by atoms with van der Waals surface area (Å²) in [5, 5.41) is 6.36. The van der Waals surface area contributed by atoms with Gasteiger partial charge in [0.1, 0.15) is 0 Å². The summed E-state index contributed by atoms with van der Waals surface area (Å²) in [5.41, 5.74) is 0.838. The van der Waals surface area contributed by atoms with Crippen molar-refractivity contribution in [2.24, 2.45) is 0 Å². The zero-order valence-corrected chi connectivity index (χ0v) is 13.1. The maximum absolute atomic E-state index is 5.91. The van der Waals surface area contributed by atoms with E-state index in [-0.39, 0.29) is 11.9 Å². The summed E-state index contributed by atoms with van der Waals surface area (Å²) in [7, 11) is 0. The molecule has 8 heteroatoms. The number of alkyl halides is 3. The third-order valence-corrected chi connectivity index (χ3v) is 3.54. The van der Waals surface area contributed by atoms with Crippen molar-refractivity contribution in [1.82, 2.24) is 20.3 Å². The minimum atomic E-state index is -1.69. The van der Waals surface area contributed by atoms with Crippen molar-refractivity contribution in [2.45, 2.75) is 9.83 Å². The van der Waals surface area contributed by atoms with Crippen molar-refractivity contribution < 1.29 is 0 Å². The lowest BCUT2D eigenvalue weighted by Crippen LogP contribution is -2.51. The Kier molecular flexibility index (Phi) is 4.17. The number of nitrogens with zero attached hydrogens (tertiary/aromatic N) is 3. The van der Waals surface area contributed by atoms with Crippen molar-refractivity contribution in [3.05, 3.63) is 36.2 Å². The smallest absolute Gasteiger partial charge is 0.250 e. The minimum absolute atomic E-state index is 0.108. The zero-order chi connectivity index (χ0) is 14.9. The Morgan fingerprint density at radius 2 is 1.76 bits per heavy atom. The van der Waals surface area contributed by atoms with Gasteiger partial charge in [-0.2, -0.15) is 9.97 Å². The summed E-state index contributed by atoms with van der Waals surface area (Å²) >= 11 is 17.7. The molecule has 0 atom stereocenters. The number of rotatable bonds is 3. The molecule has 0 radical (unpaired) electrons. The molecule has 1 aromatic carbocycles. The van der Waals surface area contributed by atoms with E-state index in [4.69, 9.17) is 34.8 Å². The van der Waals surface area contributed by atoms with Gasteiger partial charge in [-0.05, 0) is 0 Å². The minimum Gasteiger partial charge on any atom is -0.349 e. The Morgan fingerprint density at radius 3 is 2.33 bits per heavy atom. The zero-order valence-electron chi connectivity index (χ0n) is 10.9. The van der Waals surface area contributed by atoms with Crippen LogP contribution in [0.1, 0.15) is 5.82 Å². The molecule has 21 heavy (non-hydrogen) atoms. The van der Waals surface area contributed by atoms with Crippen LogP contribution in [0.3, 0.4) is 0 Å². The SMILES string of the molecule is ClC(Cl)(Cl)c1nc(NC2CNC2)nc(-c2ccccc2)n1. The molecule has 1 aliphatic heterocycles. The number of aromatic nitrogens is 3. The number of halogens is 3. The highest BCUT2D eigenvalue weighted by atomic mass is 35.6. The number of hydrogen-bond acceptors (Lipinski definition) is 5. The van der Waals surface area contributed by atoms with Gasteiger partial charge < -0.3 is 10.6 Å². The summed E-state index contributed by atoms with van der Waals surface area (Å²) < 4.78 is -1.69. The summed E-state index contributed by atoms with van der Waals surface area (Å²) in [6, 6.07) is 9.78. The summed E-state index contributed by atoms with van der Waals surface area (Å²) in [4.78, 5) is 12.8. The van der Waals surface area contributed by atoms with E-state index in [1.165, 1.54) is 0 Å². The predicted octanol–water partition coefficient (Wildman–Crippen LogP) is 2.75. The lowest BCUT2D eigenvalue weighted by molar-refractivity contribution is 0.469. The van der Waals surface area contributed by atoms with Gasteiger partial charge in [0.25, 0.3) is 0 Å². The van der Waals surface area contributed by atoms with Crippen LogP contribution in [0.5, 0.6) is 0 Å². The molecule has 0 unspecified atom stereocenters. The molecule has 1 aromatic heterocycles. The van der Waals surface area contributed by atoms with Gasteiger partial charge in [0.2, 0.25) is 9.74 Å². The molecule has 0 spiro atoms. The molecule has 5 nitrogen and oxygen atoms in total. The molecular formula is C13H12Cl3N5. The highest BCUT2D eigenvalue weighted by Gasteiger charge is 2.29. The molecule has 0 saturated carbocycles. The van der Waals surface area contributed by atoms with Crippen LogP contribution in [0.2, 0.25) is 0 Å². The van der Waals surface area contributed by atoms with E-state index in [0.29, 0.717) is 11.8 Å². The predicted molar refractivity (Wildman–Crippen MR) is 84.8 cm³/mol. The quantitative estimate of drug-likeness (QED) is 0.838. The molecule has 1 fully saturated rings. The van der Waals surface area contributed by atoms with Crippen LogP contribution >= 0.6 is 34.8 Å². The fourth-order valence-electron chi connectivity index (χ4n) is 1.86. The average Bonchev–Trinajstić information content (AvgIpc) is 2.43. The number of nitrogens with one attached hydrogen (secondary N) is 2. The highest BCUT2D eigenvalue weighted by molar-refractivity contribution is 6.66. The highest BCUT2D eigenvalue weighted by Crippen LogP contribution is 2.36. The molecule has 2 heterocycles. The van der Waals surface area contributed by atoms with E-state index in [0.717, 1.165) is 18.7 Å². The largest absolute Gasteiger partial charge is 0.349 e. The van der Waals surface area contributed by atoms with Crippen molar-refractivity contribution in [1.29, 1.82) is 0 Å². The van der Waals surface area contributed by atoms with E-state index < -0.39 is 3.79 Å². The van der Waals surface area contributed by atoms with Gasteiger partial charge >= 0.3 is 0 Å². The van der Waals surface area contributed by atoms with Crippen molar-refractivity contribution in [3.8, 4) is 11.4 Å².